The Labute approximate surface area is 263 Å². The number of fused-ring (bicyclic) bond motifs is 5. The molecule has 1 heterocycles. The first-order chi connectivity index (χ1) is 20.2. The Morgan fingerprint density at radius 1 is 1.02 bits per heavy atom. The zero-order valence-corrected chi connectivity index (χ0v) is 28.4. The summed E-state index contributed by atoms with van der Waals surface area (Å²) in [7, 11) is 0. The van der Waals surface area contributed by atoms with Gasteiger partial charge in [0.2, 0.25) is 0 Å². The van der Waals surface area contributed by atoms with Gasteiger partial charge in [0.1, 0.15) is 5.69 Å². The highest BCUT2D eigenvalue weighted by Gasteiger charge is 2.59. The number of allylic oxidation sites excluding steroid dienone is 1. The van der Waals surface area contributed by atoms with Gasteiger partial charge in [-0.3, -0.25) is 0 Å². The summed E-state index contributed by atoms with van der Waals surface area (Å²) in [6.45, 7) is 14.0. The fourth-order valence-electron chi connectivity index (χ4n) is 10.3. The lowest BCUT2D eigenvalue weighted by Crippen LogP contribution is -2.51. The van der Waals surface area contributed by atoms with Crippen LogP contribution in [0.1, 0.15) is 117 Å². The first-order valence-corrected chi connectivity index (χ1v) is 17.9. The van der Waals surface area contributed by atoms with Crippen molar-refractivity contribution >= 4 is 15.9 Å². The standard InChI is InChI=1S/C37H54BrN3O/c1-25(2)9-8-10-26(3)32-15-16-33-31-14-13-28-21-30(17-19-36(28,4)34(31)18-20-37(32,33)5)42-24-29-23-41(40-39-29)22-27-11-6-7-12-35(27)38/h6-7,11-13,23,25-26,30-34H,8-10,14-22,24H2,1-5H3/t26-,30+,31+,32-,33+,34+,36+,37-/m1/s1. The summed E-state index contributed by atoms with van der Waals surface area (Å²) >= 11 is 3.64. The first kappa shape index (κ1) is 30.6. The van der Waals surface area contributed by atoms with Gasteiger partial charge in [-0.15, -0.1) is 5.10 Å². The maximum Gasteiger partial charge on any atom is 0.108 e. The Bertz CT molecular complexity index is 1250. The minimum Gasteiger partial charge on any atom is -0.371 e. The van der Waals surface area contributed by atoms with Crippen LogP contribution in [0.2, 0.25) is 0 Å². The number of benzene rings is 1. The maximum atomic E-state index is 6.49. The van der Waals surface area contributed by atoms with E-state index in [1.807, 2.05) is 16.9 Å². The van der Waals surface area contributed by atoms with E-state index in [0.717, 1.165) is 52.1 Å². The Balaban J connectivity index is 1.05. The molecule has 8 atom stereocenters. The Morgan fingerprint density at radius 2 is 1.86 bits per heavy atom. The van der Waals surface area contributed by atoms with E-state index in [2.05, 4.69) is 85.1 Å². The fraction of sp³-hybridized carbons (Fsp3) is 0.730. The van der Waals surface area contributed by atoms with E-state index in [0.29, 0.717) is 30.1 Å². The molecule has 0 spiro atoms. The van der Waals surface area contributed by atoms with Crippen molar-refractivity contribution in [1.29, 1.82) is 0 Å². The lowest BCUT2D eigenvalue weighted by atomic mass is 9.47. The van der Waals surface area contributed by atoms with Crippen molar-refractivity contribution in [3.8, 4) is 0 Å². The molecule has 6 rings (SSSR count). The molecule has 230 valence electrons. The van der Waals surface area contributed by atoms with Crippen LogP contribution in [0.5, 0.6) is 0 Å². The molecule has 0 amide bonds. The normalized spacial score (nSPS) is 34.9. The number of ether oxygens (including phenoxy) is 1. The number of rotatable bonds is 10. The van der Waals surface area contributed by atoms with Gasteiger partial charge in [0, 0.05) is 4.47 Å². The summed E-state index contributed by atoms with van der Waals surface area (Å²) < 4.78 is 9.51. The Kier molecular flexibility index (Phi) is 9.10. The molecular formula is C37H54BrN3O. The van der Waals surface area contributed by atoms with Crippen molar-refractivity contribution in [3.63, 3.8) is 0 Å². The number of hydrogen-bond acceptors (Lipinski definition) is 3. The van der Waals surface area contributed by atoms with Crippen LogP contribution < -0.4 is 0 Å². The summed E-state index contributed by atoms with van der Waals surface area (Å²) in [5, 5.41) is 8.77. The molecule has 0 unspecified atom stereocenters. The topological polar surface area (TPSA) is 39.9 Å². The van der Waals surface area contributed by atoms with Gasteiger partial charge >= 0.3 is 0 Å². The van der Waals surface area contributed by atoms with Gasteiger partial charge < -0.3 is 4.74 Å². The molecule has 5 heteroatoms. The van der Waals surface area contributed by atoms with Crippen LogP contribution in [0.25, 0.3) is 0 Å². The summed E-state index contributed by atoms with van der Waals surface area (Å²) in [5.41, 5.74) is 4.77. The molecule has 3 fully saturated rings. The molecule has 42 heavy (non-hydrogen) atoms. The average molecular weight is 637 g/mol. The van der Waals surface area contributed by atoms with Gasteiger partial charge in [-0.25, -0.2) is 4.68 Å². The van der Waals surface area contributed by atoms with E-state index >= 15 is 0 Å². The Hall–Kier alpha value is -1.46. The van der Waals surface area contributed by atoms with Crippen LogP contribution >= 0.6 is 15.9 Å². The second kappa shape index (κ2) is 12.5. The maximum absolute atomic E-state index is 6.49. The molecule has 0 saturated heterocycles. The van der Waals surface area contributed by atoms with Crippen LogP contribution in [-0.4, -0.2) is 21.1 Å². The molecule has 1 aromatic carbocycles. The van der Waals surface area contributed by atoms with Crippen molar-refractivity contribution in [2.24, 2.45) is 46.3 Å². The molecule has 0 bridgehead atoms. The molecule has 0 aliphatic heterocycles. The molecule has 4 aliphatic rings. The van der Waals surface area contributed by atoms with E-state index < -0.39 is 0 Å². The largest absolute Gasteiger partial charge is 0.371 e. The minimum absolute atomic E-state index is 0.297. The molecule has 3 saturated carbocycles. The van der Waals surface area contributed by atoms with E-state index in [-0.39, 0.29) is 0 Å². The second-order valence-corrected chi connectivity index (χ2v) is 16.3. The zero-order chi connectivity index (χ0) is 29.5. The lowest BCUT2D eigenvalue weighted by Gasteiger charge is -2.58. The van der Waals surface area contributed by atoms with Crippen molar-refractivity contribution in [2.45, 2.75) is 125 Å². The molecule has 4 aliphatic carbocycles. The average Bonchev–Trinajstić information content (AvgIpc) is 3.56. The van der Waals surface area contributed by atoms with E-state index in [4.69, 9.17) is 4.74 Å². The lowest BCUT2D eigenvalue weighted by molar-refractivity contribution is -0.0658. The van der Waals surface area contributed by atoms with Gasteiger partial charge in [-0.2, -0.15) is 0 Å². The molecule has 0 N–H and O–H groups in total. The van der Waals surface area contributed by atoms with E-state index in [9.17, 15) is 0 Å². The highest BCUT2D eigenvalue weighted by Crippen LogP contribution is 2.67. The number of halogens is 1. The van der Waals surface area contributed by atoms with Crippen LogP contribution in [0.4, 0.5) is 0 Å². The van der Waals surface area contributed by atoms with Gasteiger partial charge in [-0.1, -0.05) is 105 Å². The highest BCUT2D eigenvalue weighted by molar-refractivity contribution is 9.10. The van der Waals surface area contributed by atoms with Crippen molar-refractivity contribution in [1.82, 2.24) is 15.0 Å². The summed E-state index contributed by atoms with van der Waals surface area (Å²) in [6, 6.07) is 8.29. The third-order valence-electron chi connectivity index (χ3n) is 12.6. The smallest absolute Gasteiger partial charge is 0.108 e. The number of aromatic nitrogens is 3. The summed E-state index contributed by atoms with van der Waals surface area (Å²) in [4.78, 5) is 0. The van der Waals surface area contributed by atoms with Crippen LogP contribution in [0, 0.1) is 46.3 Å². The van der Waals surface area contributed by atoms with Crippen LogP contribution in [0.3, 0.4) is 0 Å². The van der Waals surface area contributed by atoms with Crippen LogP contribution in [0.15, 0.2) is 46.6 Å². The predicted molar refractivity (Wildman–Crippen MR) is 175 cm³/mol. The monoisotopic (exact) mass is 635 g/mol. The minimum atomic E-state index is 0.297. The molecular weight excluding hydrogens is 582 g/mol. The number of nitrogens with zero attached hydrogens (tertiary/aromatic N) is 3. The van der Waals surface area contributed by atoms with Crippen LogP contribution in [-0.2, 0) is 17.9 Å². The third-order valence-corrected chi connectivity index (χ3v) is 13.4. The van der Waals surface area contributed by atoms with Crippen molar-refractivity contribution < 1.29 is 4.74 Å². The van der Waals surface area contributed by atoms with Crippen molar-refractivity contribution in [2.75, 3.05) is 0 Å². The van der Waals surface area contributed by atoms with E-state index in [1.54, 1.807) is 5.57 Å². The molecule has 0 radical (unpaired) electrons. The first-order valence-electron chi connectivity index (χ1n) is 17.1. The molecule has 4 nitrogen and oxygen atoms in total. The van der Waals surface area contributed by atoms with Crippen molar-refractivity contribution in [3.05, 3.63) is 57.8 Å². The van der Waals surface area contributed by atoms with Gasteiger partial charge in [-0.05, 0) is 109 Å². The molecule has 2 aromatic rings. The SMILES string of the molecule is CC(C)CCC[C@@H](C)[C@H]1CC[C@H]2[C@@H]3CC=C4C[C@@H](OCc5cn(Cc6ccccc6Br)nn5)CC[C@]4(C)[C@H]3CC[C@]12C. The number of hydrogen-bond donors (Lipinski definition) is 0. The third kappa shape index (κ3) is 5.95. The van der Waals surface area contributed by atoms with E-state index in [1.165, 1.54) is 69.8 Å². The fourth-order valence-corrected chi connectivity index (χ4v) is 10.7. The summed E-state index contributed by atoms with van der Waals surface area (Å²) in [5.74, 6) is 5.34. The second-order valence-electron chi connectivity index (χ2n) is 15.5. The summed E-state index contributed by atoms with van der Waals surface area (Å²) in [6.07, 6.45) is 20.0. The quantitative estimate of drug-likeness (QED) is 0.244. The van der Waals surface area contributed by atoms with Gasteiger partial charge in [0.15, 0.2) is 0 Å². The highest BCUT2D eigenvalue weighted by atomic mass is 79.9. The zero-order valence-electron chi connectivity index (χ0n) is 26.8. The van der Waals surface area contributed by atoms with Gasteiger partial charge in [0.25, 0.3) is 0 Å². The van der Waals surface area contributed by atoms with Gasteiger partial charge in [0.05, 0.1) is 25.5 Å². The predicted octanol–water partition coefficient (Wildman–Crippen LogP) is 10.0. The molecule has 1 aromatic heterocycles. The Morgan fingerprint density at radius 3 is 2.67 bits per heavy atom.